The van der Waals surface area contributed by atoms with Gasteiger partial charge >= 0.3 is 12.4 Å². The summed E-state index contributed by atoms with van der Waals surface area (Å²) in [5, 5.41) is 8.35. The van der Waals surface area contributed by atoms with Crippen molar-refractivity contribution in [3.05, 3.63) is 12.2 Å². The van der Waals surface area contributed by atoms with Crippen LogP contribution in [0.5, 0.6) is 0 Å². The molecule has 4 heterocycles. The number of carbonyl (C=O) groups is 12. The second kappa shape index (κ2) is 39.2. The van der Waals surface area contributed by atoms with Crippen LogP contribution in [0, 0.1) is 35.5 Å². The van der Waals surface area contributed by atoms with Crippen LogP contribution in [0.15, 0.2) is 12.2 Å². The molecule has 12 atom stereocenters. The second-order valence-corrected chi connectivity index (χ2v) is 32.1. The summed E-state index contributed by atoms with van der Waals surface area (Å²) >= 11 is 0. The highest BCUT2D eigenvalue weighted by molar-refractivity contribution is 6.01. The number of ether oxygens (including phenoxy) is 3. The van der Waals surface area contributed by atoms with Crippen molar-refractivity contribution in [2.45, 2.75) is 247 Å². The Morgan fingerprint density at radius 2 is 1.24 bits per heavy atom. The standard InChI is InChI=1S/C76H116F8N12O15/c1-11-45(3)63-71(106)89(5)43-61(99)90(6)54-22-14-13-19-31-95(70(54)105)57(38-46-23-26-49(27-24-46)75(79,80)81)68(103)88(4)42-59(97)85-53(28-25-47-36-51(77)62(52(78)37-47)76(82,83)84)67(102)96-41-50(111-12-2)39-55(96)66(101)87-74(29-17-18-30-74)73(108)93(9)64(48-20-15-16-21-48)72(107)92(8)56(69(104)94-32-34-110-35-33-94)40-60(98)91(7)58(44-109-10)65(100)86-63/h17-18,45-58,62-64H,11-16,19-44H2,1-10H3,(H,85,97)(H,86,100)(H,87,101)/t45-,46?,47?,49?,50+,51?,52?,53-,54-,55-,56-,57-,58-,62?,63-,64-/m0/s1. The SMILES string of the molecule is CCO[C@@H]1C[C@H]2C(=O)NC3(CC=CC3)C(=O)N(C)[C@@H](C3CCCC3)C(=O)N(C)[C@H](C(=O)N3CCOCC3)CC(=O)N(C)[C@@H](COC)C(=O)N[C@@H]([C@@H](C)CC)C(=O)N(C)CC(=O)N(C)[C@H]3CCCCCN(C3=O)[C@@H](CC3CCC(C(F)(F)F)CC3)C(=O)N(C)CC(=O)N[C@@H](CCC3CC(F)C(C(F)(F)F)C(F)C3)C(=O)N2C1. The van der Waals surface area contributed by atoms with Crippen LogP contribution in [0.3, 0.4) is 0 Å². The lowest BCUT2D eigenvalue weighted by molar-refractivity contribution is -0.219. The molecule has 3 N–H and O–H groups in total. The van der Waals surface area contributed by atoms with Gasteiger partial charge in [0.15, 0.2) is 0 Å². The van der Waals surface area contributed by atoms with E-state index in [2.05, 4.69) is 16.0 Å². The smallest absolute Gasteiger partial charge is 0.382 e. The first-order valence-electron chi connectivity index (χ1n) is 39.5. The minimum Gasteiger partial charge on any atom is -0.382 e. The van der Waals surface area contributed by atoms with Gasteiger partial charge in [-0.3, -0.25) is 57.5 Å². The Hall–Kier alpha value is -7.30. The third-order valence-corrected chi connectivity index (χ3v) is 24.6. The van der Waals surface area contributed by atoms with Crippen LogP contribution in [0.25, 0.3) is 0 Å². The minimum absolute atomic E-state index is 0.000787. The van der Waals surface area contributed by atoms with E-state index in [9.17, 15) is 45.5 Å². The molecule has 0 aromatic heterocycles. The number of rotatable bonds is 13. The highest BCUT2D eigenvalue weighted by atomic mass is 19.4. The summed E-state index contributed by atoms with van der Waals surface area (Å²) in [5.74, 6) is -17.2. The Kier molecular flexibility index (Phi) is 31.5. The summed E-state index contributed by atoms with van der Waals surface area (Å²) in [7, 11) is 9.19. The van der Waals surface area contributed by atoms with Gasteiger partial charge in [0.25, 0.3) is 0 Å². The van der Waals surface area contributed by atoms with Crippen LogP contribution < -0.4 is 16.0 Å². The monoisotopic (exact) mass is 1590 g/mol. The molecule has 12 amide bonds. The quantitative estimate of drug-likeness (QED) is 0.159. The third kappa shape index (κ3) is 21.8. The van der Waals surface area contributed by atoms with E-state index < -0.39 is 236 Å². The number of methoxy groups -OCH3 is 1. The molecule has 3 saturated carbocycles. The predicted molar refractivity (Wildman–Crippen MR) is 387 cm³/mol. The van der Waals surface area contributed by atoms with E-state index in [1.165, 1.54) is 64.1 Å². The molecule has 0 aromatic rings. The molecule has 2 unspecified atom stereocenters. The summed E-state index contributed by atoms with van der Waals surface area (Å²) in [4.78, 5) is 193. The lowest BCUT2D eigenvalue weighted by Crippen LogP contribution is -2.65. The molecule has 1 spiro atoms. The molecule has 0 radical (unpaired) electrons. The van der Waals surface area contributed by atoms with Crippen molar-refractivity contribution >= 4 is 70.9 Å². The Bertz CT molecular complexity index is 3300. The van der Waals surface area contributed by atoms with E-state index in [0.717, 1.165) is 29.4 Å². The zero-order valence-electron chi connectivity index (χ0n) is 65.8. The maximum atomic E-state index is 15.8. The predicted octanol–water partition coefficient (Wildman–Crippen LogP) is 5.11. The van der Waals surface area contributed by atoms with E-state index in [-0.39, 0.29) is 110 Å². The summed E-state index contributed by atoms with van der Waals surface area (Å²) in [6, 6.07) is -11.7. The molecule has 4 aliphatic heterocycles. The lowest BCUT2D eigenvalue weighted by Gasteiger charge is -2.42. The van der Waals surface area contributed by atoms with Crippen LogP contribution in [-0.4, -0.2) is 315 Å². The van der Waals surface area contributed by atoms with Crippen molar-refractivity contribution in [1.29, 1.82) is 0 Å². The first-order valence-corrected chi connectivity index (χ1v) is 39.5. The van der Waals surface area contributed by atoms with E-state index in [4.69, 9.17) is 14.2 Å². The van der Waals surface area contributed by atoms with Crippen LogP contribution in [-0.2, 0) is 71.7 Å². The van der Waals surface area contributed by atoms with Crippen molar-refractivity contribution in [3.8, 4) is 0 Å². The van der Waals surface area contributed by atoms with Crippen LogP contribution in [0.1, 0.15) is 162 Å². The number of hydrogen-bond donors (Lipinski definition) is 3. The van der Waals surface area contributed by atoms with Crippen molar-refractivity contribution < 1.29 is 107 Å². The number of nitrogens with zero attached hydrogens (tertiary/aromatic N) is 9. The van der Waals surface area contributed by atoms with Gasteiger partial charge in [0.1, 0.15) is 72.1 Å². The number of hydrogen-bond acceptors (Lipinski definition) is 15. The average molecular weight is 1590 g/mol. The average Bonchev–Trinajstić information content (AvgIpc) is 1.72. The van der Waals surface area contributed by atoms with Gasteiger partial charge in [0, 0.05) is 88.6 Å². The molecule has 4 saturated heterocycles. The molecule has 626 valence electrons. The Morgan fingerprint density at radius 1 is 0.622 bits per heavy atom. The number of likely N-dealkylation sites (N-methyl/N-ethyl adjacent to an activating group) is 6. The Morgan fingerprint density at radius 3 is 1.84 bits per heavy atom. The minimum atomic E-state index is -5.22. The van der Waals surface area contributed by atoms with Crippen LogP contribution >= 0.6 is 0 Å². The van der Waals surface area contributed by atoms with Gasteiger partial charge in [-0.2, -0.15) is 26.3 Å². The zero-order chi connectivity index (χ0) is 81.7. The summed E-state index contributed by atoms with van der Waals surface area (Å²) in [6.07, 6.45) is -13.2. The van der Waals surface area contributed by atoms with Gasteiger partial charge in [-0.05, 0) is 127 Å². The topological polar surface area (TPSA) is 298 Å². The lowest BCUT2D eigenvalue weighted by atomic mass is 9.76. The van der Waals surface area contributed by atoms with Gasteiger partial charge in [0.2, 0.25) is 70.9 Å². The molecule has 8 rings (SSSR count). The van der Waals surface area contributed by atoms with Gasteiger partial charge in [-0.15, -0.1) is 0 Å². The van der Waals surface area contributed by atoms with Crippen molar-refractivity contribution in [2.75, 3.05) is 115 Å². The number of morpholine rings is 1. The normalized spacial score (nSPS) is 32.1. The number of amides is 12. The van der Waals surface area contributed by atoms with Crippen molar-refractivity contribution in [1.82, 2.24) is 60.0 Å². The number of carbonyl (C=O) groups excluding carboxylic acids is 12. The highest BCUT2D eigenvalue weighted by Gasteiger charge is 2.56. The molecular weight excluding hydrogens is 1470 g/mol. The molecule has 8 aliphatic rings. The van der Waals surface area contributed by atoms with Crippen molar-refractivity contribution in [3.63, 3.8) is 0 Å². The second-order valence-electron chi connectivity index (χ2n) is 32.1. The molecule has 35 heteroatoms. The molecule has 4 aliphatic carbocycles. The fourth-order valence-electron chi connectivity index (χ4n) is 17.7. The fourth-order valence-corrected chi connectivity index (χ4v) is 17.7. The molecular formula is C76H116F8N12O15. The summed E-state index contributed by atoms with van der Waals surface area (Å²) in [5.41, 5.74) is -1.85. The van der Waals surface area contributed by atoms with E-state index in [1.54, 1.807) is 32.9 Å². The first kappa shape index (κ1) is 89.3. The zero-order valence-corrected chi connectivity index (χ0v) is 65.8. The van der Waals surface area contributed by atoms with Gasteiger partial charge in [-0.25, -0.2) is 8.78 Å². The van der Waals surface area contributed by atoms with Gasteiger partial charge in [0.05, 0.1) is 51.4 Å². The van der Waals surface area contributed by atoms with Crippen molar-refractivity contribution in [2.24, 2.45) is 35.5 Å². The van der Waals surface area contributed by atoms with Gasteiger partial charge < -0.3 is 74.3 Å². The maximum Gasteiger partial charge on any atom is 0.397 e. The van der Waals surface area contributed by atoms with Gasteiger partial charge in [-0.1, -0.05) is 58.1 Å². The summed E-state index contributed by atoms with van der Waals surface area (Å²) in [6.45, 7) is 3.21. The van der Waals surface area contributed by atoms with E-state index in [0.29, 0.717) is 51.4 Å². The third-order valence-electron chi connectivity index (χ3n) is 24.6. The van der Waals surface area contributed by atoms with Crippen LogP contribution in [0.4, 0.5) is 35.1 Å². The fraction of sp³-hybridized carbons (Fsp3) is 0.816. The Balaban J connectivity index is 1.21. The largest absolute Gasteiger partial charge is 0.397 e. The summed E-state index contributed by atoms with van der Waals surface area (Å²) < 4.78 is 133. The molecule has 111 heavy (non-hydrogen) atoms. The number of nitrogens with one attached hydrogen (secondary N) is 3. The highest BCUT2D eigenvalue weighted by Crippen LogP contribution is 2.46. The van der Waals surface area contributed by atoms with E-state index >= 15 is 47.1 Å². The van der Waals surface area contributed by atoms with Crippen LogP contribution in [0.2, 0.25) is 0 Å². The first-order chi connectivity index (χ1) is 52.4. The molecule has 27 nitrogen and oxygen atoms in total. The molecule has 0 aromatic carbocycles. The van der Waals surface area contributed by atoms with E-state index in [1.807, 2.05) is 0 Å². The molecule has 7 fully saturated rings. The Labute approximate surface area is 644 Å². The molecule has 2 bridgehead atoms. The number of fused-ring (bicyclic) bond motifs is 3. The maximum absolute atomic E-state index is 15.8. The number of halogens is 8. The number of alkyl halides is 8.